The van der Waals surface area contributed by atoms with Crippen LogP contribution in [0.2, 0.25) is 0 Å². The Bertz CT molecular complexity index is 521. The number of rotatable bonds is 2. The Labute approximate surface area is 114 Å². The summed E-state index contributed by atoms with van der Waals surface area (Å²) in [5.74, 6) is -0.0750. The van der Waals surface area contributed by atoms with Crippen LogP contribution in [-0.4, -0.2) is 22.6 Å². The van der Waals surface area contributed by atoms with Gasteiger partial charge in [0, 0.05) is 23.7 Å². The second kappa shape index (κ2) is 4.32. The Morgan fingerprint density at radius 1 is 1.21 bits per heavy atom. The van der Waals surface area contributed by atoms with Gasteiger partial charge in [-0.3, -0.25) is 9.69 Å². The molecule has 0 fully saturated rings. The van der Waals surface area contributed by atoms with Crippen molar-refractivity contribution in [2.75, 3.05) is 12.0 Å². The van der Waals surface area contributed by atoms with E-state index in [2.05, 4.69) is 37.9 Å². The minimum absolute atomic E-state index is 0.00412. The molecule has 1 aliphatic heterocycles. The van der Waals surface area contributed by atoms with E-state index < -0.39 is 0 Å². The summed E-state index contributed by atoms with van der Waals surface area (Å²) in [7, 11) is 0. The van der Waals surface area contributed by atoms with Gasteiger partial charge in [0.05, 0.1) is 6.73 Å². The first-order valence-electron chi connectivity index (χ1n) is 6.52. The molecule has 1 aromatic carbocycles. The fourth-order valence-electron chi connectivity index (χ4n) is 3.21. The lowest BCUT2D eigenvalue weighted by molar-refractivity contribution is -0.114. The molecule has 4 heteroatoms. The highest BCUT2D eigenvalue weighted by atomic mass is 16.3. The topological polar surface area (TPSA) is 52.6 Å². The van der Waals surface area contributed by atoms with E-state index in [4.69, 9.17) is 0 Å². The predicted octanol–water partition coefficient (Wildman–Crippen LogP) is 2.38. The summed E-state index contributed by atoms with van der Waals surface area (Å²) in [6.45, 7) is 9.90. The van der Waals surface area contributed by atoms with Gasteiger partial charge in [-0.05, 0) is 51.0 Å². The van der Waals surface area contributed by atoms with Gasteiger partial charge in [0.1, 0.15) is 0 Å². The third-order valence-electron chi connectivity index (χ3n) is 4.15. The van der Waals surface area contributed by atoms with E-state index in [9.17, 15) is 9.90 Å². The molecule has 0 radical (unpaired) electrons. The molecular weight excluding hydrogens is 240 g/mol. The van der Waals surface area contributed by atoms with Gasteiger partial charge in [0.15, 0.2) is 0 Å². The first-order chi connectivity index (χ1) is 8.71. The highest BCUT2D eigenvalue weighted by Gasteiger charge is 2.48. The first kappa shape index (κ1) is 14.0. The lowest BCUT2D eigenvalue weighted by Crippen LogP contribution is -2.45. The van der Waals surface area contributed by atoms with Crippen molar-refractivity contribution < 1.29 is 9.90 Å². The van der Waals surface area contributed by atoms with Crippen molar-refractivity contribution in [3.63, 3.8) is 0 Å². The number of nitrogens with one attached hydrogen (secondary N) is 1. The van der Waals surface area contributed by atoms with Crippen molar-refractivity contribution in [1.82, 2.24) is 4.90 Å². The molecule has 0 saturated carbocycles. The van der Waals surface area contributed by atoms with E-state index in [0.29, 0.717) is 0 Å². The number of benzene rings is 1. The van der Waals surface area contributed by atoms with Crippen LogP contribution in [0.25, 0.3) is 0 Å². The summed E-state index contributed by atoms with van der Waals surface area (Å²) >= 11 is 0. The summed E-state index contributed by atoms with van der Waals surface area (Å²) in [6.07, 6.45) is 0. The molecule has 0 atom stereocenters. The minimum atomic E-state index is -0.262. The average Bonchev–Trinajstić information content (AvgIpc) is 2.41. The second-order valence-corrected chi connectivity index (χ2v) is 6.13. The summed E-state index contributed by atoms with van der Waals surface area (Å²) in [5, 5.41) is 12.5. The van der Waals surface area contributed by atoms with Gasteiger partial charge in [0.2, 0.25) is 5.91 Å². The van der Waals surface area contributed by atoms with Crippen LogP contribution < -0.4 is 5.32 Å². The van der Waals surface area contributed by atoms with Crippen molar-refractivity contribution in [2.45, 2.75) is 45.7 Å². The number of nitrogens with zero attached hydrogens (tertiary/aromatic N) is 1. The van der Waals surface area contributed by atoms with Gasteiger partial charge in [-0.1, -0.05) is 6.07 Å². The number of anilines is 1. The Morgan fingerprint density at radius 2 is 1.79 bits per heavy atom. The van der Waals surface area contributed by atoms with Crippen LogP contribution in [0.3, 0.4) is 0 Å². The number of aliphatic hydroxyl groups is 1. The highest BCUT2D eigenvalue weighted by molar-refractivity contribution is 5.88. The fourth-order valence-corrected chi connectivity index (χ4v) is 3.21. The van der Waals surface area contributed by atoms with E-state index in [0.717, 1.165) is 11.3 Å². The maximum Gasteiger partial charge on any atom is 0.221 e. The molecule has 4 nitrogen and oxygen atoms in total. The smallest absolute Gasteiger partial charge is 0.221 e. The van der Waals surface area contributed by atoms with Crippen LogP contribution in [0.1, 0.15) is 45.7 Å². The summed E-state index contributed by atoms with van der Waals surface area (Å²) in [6, 6.07) is 5.96. The molecule has 0 spiro atoms. The summed E-state index contributed by atoms with van der Waals surface area (Å²) in [5.41, 5.74) is 2.66. The van der Waals surface area contributed by atoms with Gasteiger partial charge in [-0.25, -0.2) is 0 Å². The first-order valence-corrected chi connectivity index (χ1v) is 6.52. The summed E-state index contributed by atoms with van der Waals surface area (Å²) in [4.78, 5) is 13.2. The van der Waals surface area contributed by atoms with Crippen molar-refractivity contribution in [2.24, 2.45) is 0 Å². The van der Waals surface area contributed by atoms with Crippen LogP contribution in [0.5, 0.6) is 0 Å². The zero-order chi connectivity index (χ0) is 14.4. The second-order valence-electron chi connectivity index (χ2n) is 6.13. The molecule has 19 heavy (non-hydrogen) atoms. The molecule has 0 aliphatic carbocycles. The number of carbonyl (C=O) groups excluding carboxylic acids is 1. The van der Waals surface area contributed by atoms with Crippen LogP contribution in [0.4, 0.5) is 5.69 Å². The molecule has 2 N–H and O–H groups in total. The lowest BCUT2D eigenvalue weighted by atomic mass is 9.90. The molecule has 104 valence electrons. The molecule has 0 saturated heterocycles. The molecule has 1 aromatic rings. The van der Waals surface area contributed by atoms with Gasteiger partial charge in [0.25, 0.3) is 0 Å². The monoisotopic (exact) mass is 262 g/mol. The Balaban J connectivity index is 2.55. The maximum absolute atomic E-state index is 11.2. The number of aliphatic hydroxyl groups excluding tert-OH is 1. The lowest BCUT2D eigenvalue weighted by Gasteiger charge is -2.39. The fraction of sp³-hybridized carbons (Fsp3) is 0.533. The Morgan fingerprint density at radius 3 is 2.32 bits per heavy atom. The van der Waals surface area contributed by atoms with Gasteiger partial charge in [-0.15, -0.1) is 0 Å². The van der Waals surface area contributed by atoms with Crippen molar-refractivity contribution >= 4 is 11.6 Å². The van der Waals surface area contributed by atoms with E-state index in [1.807, 2.05) is 18.2 Å². The normalized spacial score (nSPS) is 20.1. The average molecular weight is 262 g/mol. The standard InChI is InChI=1S/C15H22N2O2/c1-10(19)16-11-6-7-12-13(8-11)15(4,5)17(9-18)14(12,2)3/h6-8,18H,9H2,1-5H3,(H,16,19). The van der Waals surface area contributed by atoms with Gasteiger partial charge >= 0.3 is 0 Å². The SMILES string of the molecule is CC(=O)Nc1ccc2c(c1)C(C)(C)N(CO)C2(C)C. The molecule has 0 aromatic heterocycles. The predicted molar refractivity (Wildman–Crippen MR) is 75.7 cm³/mol. The van der Waals surface area contributed by atoms with Crippen LogP contribution >= 0.6 is 0 Å². The van der Waals surface area contributed by atoms with Crippen LogP contribution in [-0.2, 0) is 15.9 Å². The summed E-state index contributed by atoms with van der Waals surface area (Å²) < 4.78 is 0. The van der Waals surface area contributed by atoms with Crippen molar-refractivity contribution in [3.05, 3.63) is 29.3 Å². The molecule has 0 bridgehead atoms. The zero-order valence-corrected chi connectivity index (χ0v) is 12.2. The number of hydrogen-bond donors (Lipinski definition) is 2. The van der Waals surface area contributed by atoms with E-state index in [1.165, 1.54) is 12.5 Å². The Kier molecular flexibility index (Phi) is 3.19. The molecule has 1 aliphatic rings. The molecular formula is C15H22N2O2. The van der Waals surface area contributed by atoms with Crippen molar-refractivity contribution in [3.8, 4) is 0 Å². The molecule has 0 unspecified atom stereocenters. The van der Waals surface area contributed by atoms with Crippen molar-refractivity contribution in [1.29, 1.82) is 0 Å². The molecule has 2 rings (SSSR count). The zero-order valence-electron chi connectivity index (χ0n) is 12.2. The van der Waals surface area contributed by atoms with Gasteiger partial charge < -0.3 is 10.4 Å². The largest absolute Gasteiger partial charge is 0.381 e. The van der Waals surface area contributed by atoms with Gasteiger partial charge in [-0.2, -0.15) is 0 Å². The minimum Gasteiger partial charge on any atom is -0.381 e. The number of fused-ring (bicyclic) bond motifs is 1. The number of amides is 1. The maximum atomic E-state index is 11.2. The van der Waals surface area contributed by atoms with E-state index in [-0.39, 0.29) is 23.7 Å². The quantitative estimate of drug-likeness (QED) is 0.860. The number of hydrogen-bond acceptors (Lipinski definition) is 3. The third kappa shape index (κ3) is 2.05. The van der Waals surface area contributed by atoms with E-state index in [1.54, 1.807) is 0 Å². The van der Waals surface area contributed by atoms with E-state index >= 15 is 0 Å². The Hall–Kier alpha value is -1.39. The highest BCUT2D eigenvalue weighted by Crippen LogP contribution is 2.49. The molecule has 1 heterocycles. The molecule has 1 amide bonds. The van der Waals surface area contributed by atoms with Crippen LogP contribution in [0, 0.1) is 0 Å². The third-order valence-corrected chi connectivity index (χ3v) is 4.15. The number of carbonyl (C=O) groups is 1. The van der Waals surface area contributed by atoms with Crippen LogP contribution in [0.15, 0.2) is 18.2 Å².